The average molecular weight is 291 g/mol. The Kier molecular flexibility index (Phi) is 3.05. The molecule has 0 saturated heterocycles. The number of halogens is 1. The fourth-order valence-electron chi connectivity index (χ4n) is 2.46. The van der Waals surface area contributed by atoms with Crippen LogP contribution in [0.1, 0.15) is 24.9 Å². The predicted molar refractivity (Wildman–Crippen MR) is 79.3 cm³/mol. The average Bonchev–Trinajstić information content (AvgIpc) is 3.08. The monoisotopic (exact) mass is 290 g/mol. The second kappa shape index (κ2) is 4.63. The number of hydrogen-bond donors (Lipinski definition) is 1. The highest BCUT2D eigenvalue weighted by atomic mass is 35.5. The van der Waals surface area contributed by atoms with Crippen LogP contribution in [0.4, 0.5) is 0 Å². The van der Waals surface area contributed by atoms with Crippen LogP contribution in [0.3, 0.4) is 0 Å². The van der Waals surface area contributed by atoms with Gasteiger partial charge in [0.15, 0.2) is 0 Å². The van der Waals surface area contributed by atoms with Crippen molar-refractivity contribution < 1.29 is 0 Å². The number of H-pyrrole nitrogens is 1. The maximum Gasteiger partial charge on any atom is 0.329 e. The minimum atomic E-state index is -0.426. The van der Waals surface area contributed by atoms with Crippen LogP contribution in [0.2, 0.25) is 5.15 Å². The van der Waals surface area contributed by atoms with Gasteiger partial charge in [0.1, 0.15) is 5.15 Å². The smallest absolute Gasteiger partial charge is 0.297 e. The van der Waals surface area contributed by atoms with E-state index in [1.165, 1.54) is 4.57 Å². The fraction of sp³-hybridized carbons (Fsp3) is 0.333. The van der Waals surface area contributed by atoms with Crippen molar-refractivity contribution in [3.8, 4) is 11.1 Å². The van der Waals surface area contributed by atoms with Crippen LogP contribution < -0.4 is 11.2 Å². The minimum Gasteiger partial charge on any atom is -0.297 e. The molecule has 1 fully saturated rings. The minimum absolute atomic E-state index is 0.00675. The summed E-state index contributed by atoms with van der Waals surface area (Å²) in [5.41, 5.74) is 1.46. The Morgan fingerprint density at radius 3 is 2.40 bits per heavy atom. The number of hydrogen-bond acceptors (Lipinski definition) is 2. The summed E-state index contributed by atoms with van der Waals surface area (Å²) in [7, 11) is 0. The van der Waals surface area contributed by atoms with Crippen molar-refractivity contribution in [2.24, 2.45) is 5.92 Å². The van der Waals surface area contributed by atoms with Crippen molar-refractivity contribution in [2.45, 2.75) is 26.3 Å². The number of nitrogens with zero attached hydrogens (tertiary/aromatic N) is 1. The first-order valence-electron chi connectivity index (χ1n) is 6.60. The van der Waals surface area contributed by atoms with Gasteiger partial charge in [-0.25, -0.2) is 4.79 Å². The SMILES string of the molecule is Cc1ccc(-c2c(Cl)[nH]c(=O)n(C3CC3C)c2=O)cc1. The van der Waals surface area contributed by atoms with E-state index in [1.807, 2.05) is 38.1 Å². The van der Waals surface area contributed by atoms with E-state index in [-0.39, 0.29) is 16.8 Å². The first-order chi connectivity index (χ1) is 9.49. The lowest BCUT2D eigenvalue weighted by Gasteiger charge is -2.09. The number of rotatable bonds is 2. The first-order valence-corrected chi connectivity index (χ1v) is 6.98. The molecule has 2 aromatic rings. The third kappa shape index (κ3) is 2.10. The lowest BCUT2D eigenvalue weighted by atomic mass is 10.1. The number of benzene rings is 1. The predicted octanol–water partition coefficient (Wildman–Crippen LogP) is 2.75. The van der Waals surface area contributed by atoms with Crippen LogP contribution in [0.5, 0.6) is 0 Å². The normalized spacial score (nSPS) is 20.9. The van der Waals surface area contributed by atoms with Gasteiger partial charge in [-0.2, -0.15) is 0 Å². The van der Waals surface area contributed by atoms with Gasteiger partial charge in [0, 0.05) is 6.04 Å². The number of nitrogens with one attached hydrogen (secondary N) is 1. The van der Waals surface area contributed by atoms with E-state index in [2.05, 4.69) is 4.98 Å². The Labute approximate surface area is 121 Å². The Hall–Kier alpha value is -1.81. The lowest BCUT2D eigenvalue weighted by Crippen LogP contribution is -2.36. The molecule has 0 amide bonds. The van der Waals surface area contributed by atoms with Crippen LogP contribution >= 0.6 is 11.6 Å². The molecule has 2 atom stereocenters. The molecule has 104 valence electrons. The van der Waals surface area contributed by atoms with Crippen molar-refractivity contribution in [3.05, 3.63) is 55.8 Å². The van der Waals surface area contributed by atoms with Crippen LogP contribution in [0.25, 0.3) is 11.1 Å². The second-order valence-electron chi connectivity index (χ2n) is 5.44. The van der Waals surface area contributed by atoms with E-state index in [0.29, 0.717) is 11.5 Å². The van der Waals surface area contributed by atoms with E-state index >= 15 is 0 Å². The third-order valence-corrected chi connectivity index (χ3v) is 4.11. The van der Waals surface area contributed by atoms with Crippen LogP contribution in [-0.2, 0) is 0 Å². The molecular weight excluding hydrogens is 276 g/mol. The molecule has 1 aliphatic carbocycles. The molecule has 1 aliphatic rings. The number of aromatic nitrogens is 2. The Bertz CT molecular complexity index is 774. The van der Waals surface area contributed by atoms with Crippen molar-refractivity contribution in [3.63, 3.8) is 0 Å². The zero-order valence-corrected chi connectivity index (χ0v) is 12.1. The van der Waals surface area contributed by atoms with E-state index in [4.69, 9.17) is 11.6 Å². The Morgan fingerprint density at radius 1 is 1.25 bits per heavy atom. The molecule has 0 aliphatic heterocycles. The molecule has 20 heavy (non-hydrogen) atoms. The molecular formula is C15H15ClN2O2. The van der Waals surface area contributed by atoms with Gasteiger partial charge in [0.2, 0.25) is 0 Å². The molecule has 0 radical (unpaired) electrons. The van der Waals surface area contributed by atoms with Gasteiger partial charge >= 0.3 is 5.69 Å². The molecule has 1 saturated carbocycles. The third-order valence-electron chi connectivity index (χ3n) is 3.83. The molecule has 5 heteroatoms. The summed E-state index contributed by atoms with van der Waals surface area (Å²) in [6, 6.07) is 7.52. The molecule has 1 heterocycles. The van der Waals surface area contributed by atoms with Crippen LogP contribution in [0, 0.1) is 12.8 Å². The van der Waals surface area contributed by atoms with Crippen molar-refractivity contribution in [1.29, 1.82) is 0 Å². The van der Waals surface area contributed by atoms with Gasteiger partial charge < -0.3 is 0 Å². The van der Waals surface area contributed by atoms with Crippen molar-refractivity contribution >= 4 is 11.6 Å². The first kappa shape index (κ1) is 13.2. The second-order valence-corrected chi connectivity index (χ2v) is 5.82. The van der Waals surface area contributed by atoms with E-state index < -0.39 is 5.69 Å². The largest absolute Gasteiger partial charge is 0.329 e. The van der Waals surface area contributed by atoms with Crippen LogP contribution in [0.15, 0.2) is 33.9 Å². The van der Waals surface area contributed by atoms with E-state index in [1.54, 1.807) is 0 Å². The molecule has 0 spiro atoms. The molecule has 3 rings (SSSR count). The summed E-state index contributed by atoms with van der Waals surface area (Å²) in [6.45, 7) is 4.00. The van der Waals surface area contributed by atoms with Crippen molar-refractivity contribution in [2.75, 3.05) is 0 Å². The number of aromatic amines is 1. The topological polar surface area (TPSA) is 54.9 Å². The summed E-state index contributed by atoms with van der Waals surface area (Å²) in [4.78, 5) is 27.1. The fourth-order valence-corrected chi connectivity index (χ4v) is 2.73. The van der Waals surface area contributed by atoms with E-state index in [9.17, 15) is 9.59 Å². The molecule has 4 nitrogen and oxygen atoms in total. The molecule has 1 N–H and O–H groups in total. The summed E-state index contributed by atoms with van der Waals surface area (Å²) in [6.07, 6.45) is 0.859. The quantitative estimate of drug-likeness (QED) is 0.865. The van der Waals surface area contributed by atoms with Gasteiger partial charge in [-0.15, -0.1) is 0 Å². The van der Waals surface area contributed by atoms with Gasteiger partial charge in [-0.1, -0.05) is 48.4 Å². The zero-order valence-electron chi connectivity index (χ0n) is 11.3. The van der Waals surface area contributed by atoms with Gasteiger partial charge in [-0.3, -0.25) is 14.3 Å². The van der Waals surface area contributed by atoms with Gasteiger partial charge in [0.25, 0.3) is 5.56 Å². The van der Waals surface area contributed by atoms with E-state index in [0.717, 1.165) is 17.5 Å². The summed E-state index contributed by atoms with van der Waals surface area (Å²) < 4.78 is 1.30. The highest BCUT2D eigenvalue weighted by molar-refractivity contribution is 6.32. The lowest BCUT2D eigenvalue weighted by molar-refractivity contribution is 0.619. The standard InChI is InChI=1S/C15H15ClN2O2/c1-8-3-5-10(6-4-8)12-13(16)17-15(20)18(14(12)19)11-7-9(11)2/h3-6,9,11H,7H2,1-2H3,(H,17,20). The van der Waals surface area contributed by atoms with Crippen LogP contribution in [-0.4, -0.2) is 9.55 Å². The Morgan fingerprint density at radius 2 is 1.85 bits per heavy atom. The maximum atomic E-state index is 12.6. The number of aryl methyl sites for hydroxylation is 1. The molecule has 1 aromatic carbocycles. The molecule has 0 bridgehead atoms. The zero-order chi connectivity index (χ0) is 14.4. The summed E-state index contributed by atoms with van der Waals surface area (Å²) >= 11 is 6.07. The van der Waals surface area contributed by atoms with Gasteiger partial charge in [0.05, 0.1) is 5.56 Å². The van der Waals surface area contributed by atoms with Gasteiger partial charge in [-0.05, 0) is 24.8 Å². The Balaban J connectivity index is 2.23. The summed E-state index contributed by atoms with van der Waals surface area (Å²) in [5, 5.41) is 0.105. The maximum absolute atomic E-state index is 12.6. The highest BCUT2D eigenvalue weighted by Gasteiger charge is 2.37. The summed E-state index contributed by atoms with van der Waals surface area (Å²) in [5.74, 6) is 0.362. The highest BCUT2D eigenvalue weighted by Crippen LogP contribution is 2.41. The molecule has 1 aromatic heterocycles. The molecule has 2 unspecified atom stereocenters. The van der Waals surface area contributed by atoms with Crippen molar-refractivity contribution in [1.82, 2.24) is 9.55 Å².